The quantitative estimate of drug-likeness (QED) is 0.841. The van der Waals surface area contributed by atoms with Crippen LogP contribution in [0.5, 0.6) is 5.75 Å². The second-order valence-electron chi connectivity index (χ2n) is 2.46. The molecule has 0 radical (unpaired) electrons. The van der Waals surface area contributed by atoms with Gasteiger partial charge >= 0.3 is 0 Å². The molecule has 0 atom stereocenters. The molecule has 0 aliphatic rings. The molecule has 0 aliphatic carbocycles. The molecule has 68 valence electrons. The van der Waals surface area contributed by atoms with Crippen LogP contribution in [-0.2, 0) is 6.54 Å². The van der Waals surface area contributed by atoms with Gasteiger partial charge in [0.1, 0.15) is 11.8 Å². The number of methoxy groups -OCH3 is 1. The number of nitriles is 1. The van der Waals surface area contributed by atoms with Crippen LogP contribution in [0.3, 0.4) is 0 Å². The molecule has 0 amide bonds. The van der Waals surface area contributed by atoms with Gasteiger partial charge in [-0.05, 0) is 40.3 Å². The Morgan fingerprint density at radius 1 is 1.62 bits per heavy atom. The number of rotatable bonds is 2. The van der Waals surface area contributed by atoms with Gasteiger partial charge in [-0.25, -0.2) is 0 Å². The molecule has 1 aromatic rings. The van der Waals surface area contributed by atoms with Gasteiger partial charge in [-0.15, -0.1) is 0 Å². The van der Waals surface area contributed by atoms with Crippen molar-refractivity contribution in [1.82, 2.24) is 0 Å². The maximum atomic E-state index is 8.79. The zero-order valence-corrected chi connectivity index (χ0v) is 9.33. The van der Waals surface area contributed by atoms with Crippen LogP contribution in [0.1, 0.15) is 11.1 Å². The molecule has 2 N–H and O–H groups in total. The zero-order chi connectivity index (χ0) is 9.84. The Morgan fingerprint density at radius 2 is 2.31 bits per heavy atom. The lowest BCUT2D eigenvalue weighted by Gasteiger charge is -2.06. The van der Waals surface area contributed by atoms with Crippen molar-refractivity contribution in [3.8, 4) is 11.8 Å². The maximum Gasteiger partial charge on any atom is 0.137 e. The summed E-state index contributed by atoms with van der Waals surface area (Å²) in [5, 5.41) is 8.79. The predicted octanol–water partition coefficient (Wildman–Crippen LogP) is 1.63. The van der Waals surface area contributed by atoms with Gasteiger partial charge in [0.2, 0.25) is 0 Å². The summed E-state index contributed by atoms with van der Waals surface area (Å²) in [6, 6.07) is 5.65. The molecule has 0 saturated heterocycles. The van der Waals surface area contributed by atoms with Crippen LogP contribution < -0.4 is 10.5 Å². The third-order valence-corrected chi connectivity index (χ3v) is 2.71. The van der Waals surface area contributed by atoms with Crippen molar-refractivity contribution in [2.24, 2.45) is 5.73 Å². The summed E-state index contributed by atoms with van der Waals surface area (Å²) in [6.45, 7) is 0.441. The number of hydrogen-bond acceptors (Lipinski definition) is 3. The number of ether oxygens (including phenoxy) is 1. The van der Waals surface area contributed by atoms with Gasteiger partial charge in [0, 0.05) is 10.1 Å². The Morgan fingerprint density at radius 3 is 2.77 bits per heavy atom. The monoisotopic (exact) mass is 288 g/mol. The lowest BCUT2D eigenvalue weighted by atomic mass is 10.1. The molecule has 3 nitrogen and oxygen atoms in total. The molecule has 0 unspecified atom stereocenters. The van der Waals surface area contributed by atoms with Gasteiger partial charge < -0.3 is 10.5 Å². The van der Waals surface area contributed by atoms with E-state index in [-0.39, 0.29) is 0 Å². The first-order valence-corrected chi connectivity index (χ1v) is 4.77. The summed E-state index contributed by atoms with van der Waals surface area (Å²) in [7, 11) is 1.55. The topological polar surface area (TPSA) is 59.0 Å². The van der Waals surface area contributed by atoms with Crippen molar-refractivity contribution in [2.45, 2.75) is 6.54 Å². The lowest BCUT2D eigenvalue weighted by Crippen LogP contribution is -2.01. The van der Waals surface area contributed by atoms with Crippen LogP contribution in [0.15, 0.2) is 12.1 Å². The molecule has 0 bridgehead atoms. The number of halogens is 1. The van der Waals surface area contributed by atoms with E-state index in [0.29, 0.717) is 17.9 Å². The number of nitrogens with two attached hydrogens (primary N) is 1. The highest BCUT2D eigenvalue weighted by atomic mass is 127. The van der Waals surface area contributed by atoms with Crippen LogP contribution in [0.4, 0.5) is 0 Å². The van der Waals surface area contributed by atoms with E-state index < -0.39 is 0 Å². The van der Waals surface area contributed by atoms with Crippen LogP contribution in [0.2, 0.25) is 0 Å². The normalized spacial score (nSPS) is 9.38. The molecule has 1 rings (SSSR count). The van der Waals surface area contributed by atoms with Crippen molar-refractivity contribution in [2.75, 3.05) is 7.11 Å². The molecule has 0 spiro atoms. The summed E-state index contributed by atoms with van der Waals surface area (Å²) in [6.07, 6.45) is 0. The van der Waals surface area contributed by atoms with Crippen molar-refractivity contribution < 1.29 is 4.74 Å². The van der Waals surface area contributed by atoms with Crippen molar-refractivity contribution >= 4 is 22.6 Å². The van der Waals surface area contributed by atoms with Crippen LogP contribution in [0, 0.1) is 14.9 Å². The first kappa shape index (κ1) is 10.3. The van der Waals surface area contributed by atoms with E-state index in [1.807, 2.05) is 6.07 Å². The van der Waals surface area contributed by atoms with E-state index >= 15 is 0 Å². The van der Waals surface area contributed by atoms with Gasteiger partial charge in [0.05, 0.1) is 12.7 Å². The second kappa shape index (κ2) is 4.44. The first-order valence-electron chi connectivity index (χ1n) is 3.69. The summed E-state index contributed by atoms with van der Waals surface area (Å²) in [5.74, 6) is 0.601. The van der Waals surface area contributed by atoms with Gasteiger partial charge in [-0.3, -0.25) is 0 Å². The first-order chi connectivity index (χ1) is 6.22. The largest absolute Gasteiger partial charge is 0.495 e. The van der Waals surface area contributed by atoms with E-state index in [9.17, 15) is 0 Å². The third-order valence-electron chi connectivity index (χ3n) is 1.71. The Labute approximate surface area is 90.6 Å². The minimum Gasteiger partial charge on any atom is -0.495 e. The van der Waals surface area contributed by atoms with E-state index in [2.05, 4.69) is 28.7 Å². The highest BCUT2D eigenvalue weighted by molar-refractivity contribution is 14.1. The second-order valence-corrected chi connectivity index (χ2v) is 3.62. The van der Waals surface area contributed by atoms with Crippen LogP contribution >= 0.6 is 22.6 Å². The smallest absolute Gasteiger partial charge is 0.137 e. The Balaban J connectivity index is 3.28. The number of benzene rings is 1. The summed E-state index contributed by atoms with van der Waals surface area (Å²) < 4.78 is 6.07. The molecular weight excluding hydrogens is 279 g/mol. The van der Waals surface area contributed by atoms with Crippen molar-refractivity contribution in [1.29, 1.82) is 5.26 Å². The predicted molar refractivity (Wildman–Crippen MR) is 58.3 cm³/mol. The van der Waals surface area contributed by atoms with Crippen LogP contribution in [0.25, 0.3) is 0 Å². The van der Waals surface area contributed by atoms with Gasteiger partial charge in [0.25, 0.3) is 0 Å². The summed E-state index contributed by atoms with van der Waals surface area (Å²) >= 11 is 2.17. The average molecular weight is 288 g/mol. The third kappa shape index (κ3) is 2.11. The van der Waals surface area contributed by atoms with Gasteiger partial charge in [-0.2, -0.15) is 5.26 Å². The minimum atomic E-state index is 0.441. The maximum absolute atomic E-state index is 8.79. The minimum absolute atomic E-state index is 0.441. The fraction of sp³-hybridized carbons (Fsp3) is 0.222. The van der Waals surface area contributed by atoms with E-state index in [1.165, 1.54) is 0 Å². The van der Waals surface area contributed by atoms with Gasteiger partial charge in [-0.1, -0.05) is 0 Å². The number of hydrogen-bond donors (Lipinski definition) is 1. The molecular formula is C9H9IN2O. The fourth-order valence-corrected chi connectivity index (χ4v) is 1.67. The van der Waals surface area contributed by atoms with Gasteiger partial charge in [0.15, 0.2) is 0 Å². The number of nitrogens with zero attached hydrogens (tertiary/aromatic N) is 1. The SMILES string of the molecule is COc1cc(I)c(CN)cc1C#N. The van der Waals surface area contributed by atoms with E-state index in [0.717, 1.165) is 9.13 Å². The summed E-state index contributed by atoms with van der Waals surface area (Å²) in [4.78, 5) is 0. The van der Waals surface area contributed by atoms with Crippen LogP contribution in [-0.4, -0.2) is 7.11 Å². The van der Waals surface area contributed by atoms with E-state index in [4.69, 9.17) is 15.7 Å². The Kier molecular flexibility index (Phi) is 3.51. The molecule has 0 fully saturated rings. The molecule has 4 heteroatoms. The fourth-order valence-electron chi connectivity index (χ4n) is 1.01. The standard InChI is InChI=1S/C9H9IN2O/c1-13-9-3-8(10)6(4-11)2-7(9)5-12/h2-3H,4,11H2,1H3. The summed E-state index contributed by atoms with van der Waals surface area (Å²) in [5.41, 5.74) is 7.01. The van der Waals surface area contributed by atoms with Crippen molar-refractivity contribution in [3.63, 3.8) is 0 Å². The lowest BCUT2D eigenvalue weighted by molar-refractivity contribution is 0.413. The molecule has 13 heavy (non-hydrogen) atoms. The van der Waals surface area contributed by atoms with E-state index in [1.54, 1.807) is 13.2 Å². The Hall–Kier alpha value is -0.800. The molecule has 0 heterocycles. The average Bonchev–Trinajstić information content (AvgIpc) is 2.17. The molecule has 0 aromatic heterocycles. The highest BCUT2D eigenvalue weighted by Gasteiger charge is 2.06. The highest BCUT2D eigenvalue weighted by Crippen LogP contribution is 2.23. The Bertz CT molecular complexity index is 357. The zero-order valence-electron chi connectivity index (χ0n) is 7.17. The molecule has 0 aliphatic heterocycles. The molecule has 1 aromatic carbocycles. The van der Waals surface area contributed by atoms with Crippen molar-refractivity contribution in [3.05, 3.63) is 26.8 Å². The molecule has 0 saturated carbocycles.